The lowest BCUT2D eigenvalue weighted by Crippen LogP contribution is -2.43. The van der Waals surface area contributed by atoms with Crippen LogP contribution < -0.4 is 11.1 Å². The van der Waals surface area contributed by atoms with Crippen LogP contribution in [0.15, 0.2) is 24.3 Å². The van der Waals surface area contributed by atoms with Crippen LogP contribution in [0.4, 0.5) is 0 Å². The molecule has 1 aromatic carbocycles. The normalized spacial score (nSPS) is 23.8. The summed E-state index contributed by atoms with van der Waals surface area (Å²) in [6.07, 6.45) is 2.59. The fourth-order valence-electron chi connectivity index (χ4n) is 3.92. The van der Waals surface area contributed by atoms with Crippen molar-refractivity contribution in [2.75, 3.05) is 32.7 Å². The smallest absolute Gasteiger partial charge is 0.224 e. The SMILES string of the molecule is CC(=O)N1C[C@@H](N)CC[C@@H](C(=O)NCCN2CCc3ccccc3C2)C1. The van der Waals surface area contributed by atoms with Gasteiger partial charge in [-0.05, 0) is 30.4 Å². The van der Waals surface area contributed by atoms with Crippen LogP contribution in [0.5, 0.6) is 0 Å². The molecule has 0 saturated carbocycles. The van der Waals surface area contributed by atoms with Gasteiger partial charge in [-0.1, -0.05) is 24.3 Å². The maximum atomic E-state index is 12.6. The Balaban J connectivity index is 1.46. The van der Waals surface area contributed by atoms with E-state index in [9.17, 15) is 9.59 Å². The molecule has 142 valence electrons. The first-order valence-corrected chi connectivity index (χ1v) is 9.61. The van der Waals surface area contributed by atoms with Gasteiger partial charge < -0.3 is 16.0 Å². The molecule has 1 saturated heterocycles. The third-order valence-corrected chi connectivity index (χ3v) is 5.53. The minimum atomic E-state index is -0.158. The third kappa shape index (κ3) is 4.83. The number of hydrogen-bond donors (Lipinski definition) is 2. The van der Waals surface area contributed by atoms with E-state index in [0.29, 0.717) is 19.6 Å². The molecule has 2 aliphatic heterocycles. The molecule has 0 radical (unpaired) electrons. The maximum absolute atomic E-state index is 12.6. The van der Waals surface area contributed by atoms with E-state index in [1.165, 1.54) is 11.1 Å². The molecule has 0 unspecified atom stereocenters. The summed E-state index contributed by atoms with van der Waals surface area (Å²) in [5.41, 5.74) is 8.86. The number of nitrogens with zero attached hydrogens (tertiary/aromatic N) is 2. The topological polar surface area (TPSA) is 78.7 Å². The number of rotatable bonds is 4. The zero-order chi connectivity index (χ0) is 18.5. The number of carbonyl (C=O) groups excluding carboxylic acids is 2. The first-order valence-electron chi connectivity index (χ1n) is 9.61. The Hall–Kier alpha value is -1.92. The van der Waals surface area contributed by atoms with E-state index in [1.807, 2.05) is 0 Å². The predicted molar refractivity (Wildman–Crippen MR) is 101 cm³/mol. The first-order chi connectivity index (χ1) is 12.5. The summed E-state index contributed by atoms with van der Waals surface area (Å²) >= 11 is 0. The van der Waals surface area contributed by atoms with E-state index in [0.717, 1.165) is 38.9 Å². The van der Waals surface area contributed by atoms with Crippen molar-refractivity contribution in [1.82, 2.24) is 15.1 Å². The Kier molecular flexibility index (Phi) is 6.27. The van der Waals surface area contributed by atoms with Crippen LogP contribution in [0.2, 0.25) is 0 Å². The molecular weight excluding hydrogens is 328 g/mol. The Labute approximate surface area is 155 Å². The second kappa shape index (κ2) is 8.64. The van der Waals surface area contributed by atoms with Crippen molar-refractivity contribution in [1.29, 1.82) is 0 Å². The fourth-order valence-corrected chi connectivity index (χ4v) is 3.92. The summed E-state index contributed by atoms with van der Waals surface area (Å²) in [6, 6.07) is 8.53. The summed E-state index contributed by atoms with van der Waals surface area (Å²) in [7, 11) is 0. The number of fused-ring (bicyclic) bond motifs is 1. The number of hydrogen-bond acceptors (Lipinski definition) is 4. The van der Waals surface area contributed by atoms with Crippen molar-refractivity contribution in [3.8, 4) is 0 Å². The van der Waals surface area contributed by atoms with Crippen molar-refractivity contribution in [3.05, 3.63) is 35.4 Å². The van der Waals surface area contributed by atoms with Crippen LogP contribution in [0.3, 0.4) is 0 Å². The van der Waals surface area contributed by atoms with E-state index >= 15 is 0 Å². The molecule has 6 nitrogen and oxygen atoms in total. The Morgan fingerprint density at radius 2 is 1.96 bits per heavy atom. The number of likely N-dealkylation sites (tertiary alicyclic amines) is 1. The van der Waals surface area contributed by atoms with Gasteiger partial charge in [-0.3, -0.25) is 14.5 Å². The van der Waals surface area contributed by atoms with Crippen molar-refractivity contribution >= 4 is 11.8 Å². The molecule has 2 heterocycles. The Morgan fingerprint density at radius 3 is 2.73 bits per heavy atom. The quantitative estimate of drug-likeness (QED) is 0.832. The van der Waals surface area contributed by atoms with E-state index in [1.54, 1.807) is 11.8 Å². The van der Waals surface area contributed by atoms with Crippen molar-refractivity contribution in [3.63, 3.8) is 0 Å². The van der Waals surface area contributed by atoms with Gasteiger partial charge in [0.25, 0.3) is 0 Å². The Bertz CT molecular complexity index is 648. The van der Waals surface area contributed by atoms with Gasteiger partial charge in [0, 0.05) is 52.2 Å². The van der Waals surface area contributed by atoms with E-state index in [4.69, 9.17) is 5.73 Å². The number of nitrogens with two attached hydrogens (primary N) is 1. The number of carbonyl (C=O) groups is 2. The third-order valence-electron chi connectivity index (χ3n) is 5.53. The summed E-state index contributed by atoms with van der Waals surface area (Å²) in [5, 5.41) is 3.07. The molecule has 0 aromatic heterocycles. The minimum Gasteiger partial charge on any atom is -0.355 e. The molecule has 0 spiro atoms. The largest absolute Gasteiger partial charge is 0.355 e. The van der Waals surface area contributed by atoms with Gasteiger partial charge in [0.2, 0.25) is 11.8 Å². The maximum Gasteiger partial charge on any atom is 0.224 e. The molecule has 2 atom stereocenters. The molecule has 1 fully saturated rings. The summed E-state index contributed by atoms with van der Waals surface area (Å²) in [5.74, 6) is -0.121. The van der Waals surface area contributed by atoms with Crippen LogP contribution in [0, 0.1) is 5.92 Å². The molecule has 6 heteroatoms. The first kappa shape index (κ1) is 18.9. The van der Waals surface area contributed by atoms with E-state index in [-0.39, 0.29) is 23.8 Å². The van der Waals surface area contributed by atoms with Crippen LogP contribution >= 0.6 is 0 Å². The van der Waals surface area contributed by atoms with Gasteiger partial charge >= 0.3 is 0 Å². The molecule has 2 amide bonds. The van der Waals surface area contributed by atoms with Crippen LogP contribution in [-0.2, 0) is 22.6 Å². The predicted octanol–water partition coefficient (Wildman–Crippen LogP) is 0.747. The van der Waals surface area contributed by atoms with E-state index in [2.05, 4.69) is 34.5 Å². The highest BCUT2D eigenvalue weighted by Crippen LogP contribution is 2.18. The molecule has 3 rings (SSSR count). The van der Waals surface area contributed by atoms with Gasteiger partial charge in [0.1, 0.15) is 0 Å². The zero-order valence-corrected chi connectivity index (χ0v) is 15.6. The number of amides is 2. The molecule has 0 aliphatic carbocycles. The number of nitrogens with one attached hydrogen (secondary N) is 1. The highest BCUT2D eigenvalue weighted by molar-refractivity contribution is 5.80. The molecule has 2 aliphatic rings. The lowest BCUT2D eigenvalue weighted by atomic mass is 10.00. The average molecular weight is 358 g/mol. The summed E-state index contributed by atoms with van der Waals surface area (Å²) < 4.78 is 0. The van der Waals surface area contributed by atoms with Gasteiger partial charge in [-0.2, -0.15) is 0 Å². The molecule has 1 aromatic rings. The van der Waals surface area contributed by atoms with Crippen molar-refractivity contribution in [2.45, 2.75) is 38.8 Å². The molecule has 0 bridgehead atoms. The second-order valence-electron chi connectivity index (χ2n) is 7.54. The summed E-state index contributed by atoms with van der Waals surface area (Å²) in [4.78, 5) is 28.4. The lowest BCUT2D eigenvalue weighted by Gasteiger charge is -2.29. The highest BCUT2D eigenvalue weighted by Gasteiger charge is 2.28. The average Bonchev–Trinajstić information content (AvgIpc) is 2.83. The van der Waals surface area contributed by atoms with Gasteiger partial charge in [-0.15, -0.1) is 0 Å². The van der Waals surface area contributed by atoms with E-state index < -0.39 is 0 Å². The second-order valence-corrected chi connectivity index (χ2v) is 7.54. The minimum absolute atomic E-state index is 0.00729. The Morgan fingerprint density at radius 1 is 1.19 bits per heavy atom. The number of benzene rings is 1. The molecule has 3 N–H and O–H groups in total. The summed E-state index contributed by atoms with van der Waals surface area (Å²) in [6.45, 7) is 6.04. The van der Waals surface area contributed by atoms with Gasteiger partial charge in [-0.25, -0.2) is 0 Å². The van der Waals surface area contributed by atoms with Crippen LogP contribution in [0.25, 0.3) is 0 Å². The van der Waals surface area contributed by atoms with Gasteiger partial charge in [0.15, 0.2) is 0 Å². The van der Waals surface area contributed by atoms with Crippen LogP contribution in [-0.4, -0.2) is 60.4 Å². The lowest BCUT2D eigenvalue weighted by molar-refractivity contribution is -0.131. The monoisotopic (exact) mass is 358 g/mol. The molecular formula is C20H30N4O2. The van der Waals surface area contributed by atoms with Crippen molar-refractivity contribution in [2.24, 2.45) is 11.7 Å². The zero-order valence-electron chi connectivity index (χ0n) is 15.6. The standard InChI is InChI=1S/C20H30N4O2/c1-15(25)24-13-18(6-7-19(21)14-24)20(26)22-9-11-23-10-8-16-4-2-3-5-17(16)12-23/h2-5,18-19H,6-14,21H2,1H3,(H,22,26)/t18-,19+/m1/s1. The fraction of sp³-hybridized carbons (Fsp3) is 0.600. The van der Waals surface area contributed by atoms with Gasteiger partial charge in [0.05, 0.1) is 5.92 Å². The highest BCUT2D eigenvalue weighted by atomic mass is 16.2. The van der Waals surface area contributed by atoms with Crippen molar-refractivity contribution < 1.29 is 9.59 Å². The van der Waals surface area contributed by atoms with Crippen LogP contribution in [0.1, 0.15) is 30.9 Å². The molecule has 26 heavy (non-hydrogen) atoms.